The molecule has 1 fully saturated rings. The van der Waals surface area contributed by atoms with Gasteiger partial charge in [-0.3, -0.25) is 4.79 Å². The van der Waals surface area contributed by atoms with E-state index in [9.17, 15) is 4.79 Å². The van der Waals surface area contributed by atoms with Crippen molar-refractivity contribution < 1.29 is 4.79 Å². The average molecular weight is 407 g/mol. The van der Waals surface area contributed by atoms with Gasteiger partial charge in [-0.15, -0.1) is 0 Å². The molecule has 1 aliphatic rings. The van der Waals surface area contributed by atoms with Gasteiger partial charge >= 0.3 is 0 Å². The molecule has 114 valence electrons. The van der Waals surface area contributed by atoms with Crippen LogP contribution in [0.1, 0.15) is 23.2 Å². The standard InChI is InChI=1S/C17H18IN3O/c18-13-5-3-4-12(10-13)17(22)20-15-11-14(19)6-7-16(15)21-8-1-2-9-21/h3-7,10-11H,1-2,8-9,19H2,(H,20,22). The molecule has 0 atom stereocenters. The molecular formula is C17H18IN3O. The lowest BCUT2D eigenvalue weighted by Crippen LogP contribution is -2.21. The molecule has 2 aromatic carbocycles. The van der Waals surface area contributed by atoms with Crippen LogP contribution in [0.5, 0.6) is 0 Å². The summed E-state index contributed by atoms with van der Waals surface area (Å²) in [5.74, 6) is -0.107. The zero-order chi connectivity index (χ0) is 15.5. The molecule has 4 nitrogen and oxygen atoms in total. The Morgan fingerprint density at radius 2 is 1.91 bits per heavy atom. The van der Waals surface area contributed by atoms with E-state index in [0.29, 0.717) is 11.3 Å². The number of rotatable bonds is 3. The number of nitrogens with two attached hydrogens (primary N) is 1. The number of carbonyl (C=O) groups excluding carboxylic acids is 1. The fraction of sp³-hybridized carbons (Fsp3) is 0.235. The lowest BCUT2D eigenvalue weighted by Gasteiger charge is -2.22. The Morgan fingerprint density at radius 1 is 1.14 bits per heavy atom. The van der Waals surface area contributed by atoms with Crippen molar-refractivity contribution >= 4 is 45.6 Å². The van der Waals surface area contributed by atoms with Crippen LogP contribution in [0.3, 0.4) is 0 Å². The molecule has 5 heteroatoms. The van der Waals surface area contributed by atoms with Crippen LogP contribution < -0.4 is 16.0 Å². The van der Waals surface area contributed by atoms with E-state index in [0.717, 1.165) is 28.0 Å². The van der Waals surface area contributed by atoms with Crippen LogP contribution >= 0.6 is 22.6 Å². The number of hydrogen-bond donors (Lipinski definition) is 2. The molecule has 0 bridgehead atoms. The first-order valence-electron chi connectivity index (χ1n) is 7.35. The molecule has 1 heterocycles. The first-order chi connectivity index (χ1) is 10.6. The predicted octanol–water partition coefficient (Wildman–Crippen LogP) is 3.73. The van der Waals surface area contributed by atoms with Crippen molar-refractivity contribution in [2.45, 2.75) is 12.8 Å². The second-order valence-electron chi connectivity index (χ2n) is 5.44. The molecule has 2 aromatic rings. The molecular weight excluding hydrogens is 389 g/mol. The number of halogens is 1. The van der Waals surface area contributed by atoms with Crippen molar-refractivity contribution in [3.63, 3.8) is 0 Å². The van der Waals surface area contributed by atoms with E-state index in [2.05, 4.69) is 32.8 Å². The molecule has 0 radical (unpaired) electrons. The summed E-state index contributed by atoms with van der Waals surface area (Å²) in [6.45, 7) is 2.05. The summed E-state index contributed by atoms with van der Waals surface area (Å²) in [5, 5.41) is 3.01. The number of amides is 1. The molecule has 0 aliphatic carbocycles. The minimum atomic E-state index is -0.107. The molecule has 0 saturated carbocycles. The third-order valence-corrected chi connectivity index (χ3v) is 4.47. The molecule has 1 aliphatic heterocycles. The number of hydrogen-bond acceptors (Lipinski definition) is 3. The second kappa shape index (κ2) is 6.56. The number of nitrogens with zero attached hydrogens (tertiary/aromatic N) is 1. The Hall–Kier alpha value is -1.76. The molecule has 0 unspecified atom stereocenters. The molecule has 0 aromatic heterocycles. The summed E-state index contributed by atoms with van der Waals surface area (Å²) >= 11 is 2.20. The molecule has 3 N–H and O–H groups in total. The van der Waals surface area contributed by atoms with E-state index < -0.39 is 0 Å². The minimum absolute atomic E-state index is 0.107. The number of anilines is 3. The molecule has 0 spiro atoms. The Kier molecular flexibility index (Phi) is 4.52. The van der Waals surface area contributed by atoms with E-state index in [-0.39, 0.29) is 5.91 Å². The van der Waals surface area contributed by atoms with Gasteiger partial charge in [0.15, 0.2) is 0 Å². The Balaban J connectivity index is 1.87. The summed E-state index contributed by atoms with van der Waals surface area (Å²) in [6.07, 6.45) is 2.38. The van der Waals surface area contributed by atoms with Crippen molar-refractivity contribution in [1.82, 2.24) is 0 Å². The highest BCUT2D eigenvalue weighted by molar-refractivity contribution is 14.1. The van der Waals surface area contributed by atoms with Crippen LogP contribution in [0.2, 0.25) is 0 Å². The quantitative estimate of drug-likeness (QED) is 0.602. The van der Waals surface area contributed by atoms with Gasteiger partial charge in [0.25, 0.3) is 5.91 Å². The van der Waals surface area contributed by atoms with Gasteiger partial charge in [0.2, 0.25) is 0 Å². The van der Waals surface area contributed by atoms with Crippen molar-refractivity contribution in [3.8, 4) is 0 Å². The van der Waals surface area contributed by atoms with Crippen molar-refractivity contribution in [2.24, 2.45) is 0 Å². The van der Waals surface area contributed by atoms with Gasteiger partial charge in [-0.1, -0.05) is 6.07 Å². The number of carbonyl (C=O) groups is 1. The highest BCUT2D eigenvalue weighted by Gasteiger charge is 2.17. The van der Waals surface area contributed by atoms with E-state index in [4.69, 9.17) is 5.73 Å². The van der Waals surface area contributed by atoms with Crippen LogP contribution in [0.15, 0.2) is 42.5 Å². The van der Waals surface area contributed by atoms with Crippen LogP contribution in [0.25, 0.3) is 0 Å². The molecule has 22 heavy (non-hydrogen) atoms. The summed E-state index contributed by atoms with van der Waals surface area (Å²) in [5.41, 5.74) is 9.03. The van der Waals surface area contributed by atoms with Gasteiger partial charge < -0.3 is 16.0 Å². The highest BCUT2D eigenvalue weighted by Crippen LogP contribution is 2.31. The predicted molar refractivity (Wildman–Crippen MR) is 99.4 cm³/mol. The summed E-state index contributed by atoms with van der Waals surface area (Å²) in [6, 6.07) is 13.3. The summed E-state index contributed by atoms with van der Waals surface area (Å²) < 4.78 is 1.04. The minimum Gasteiger partial charge on any atom is -0.399 e. The lowest BCUT2D eigenvalue weighted by atomic mass is 10.2. The van der Waals surface area contributed by atoms with Crippen LogP contribution in [-0.2, 0) is 0 Å². The van der Waals surface area contributed by atoms with Gasteiger partial charge in [-0.05, 0) is 71.8 Å². The van der Waals surface area contributed by atoms with Gasteiger partial charge in [0.1, 0.15) is 0 Å². The van der Waals surface area contributed by atoms with E-state index in [1.54, 1.807) is 0 Å². The van der Waals surface area contributed by atoms with Crippen LogP contribution in [-0.4, -0.2) is 19.0 Å². The summed E-state index contributed by atoms with van der Waals surface area (Å²) in [7, 11) is 0. The SMILES string of the molecule is Nc1ccc(N2CCCC2)c(NC(=O)c2cccc(I)c2)c1. The van der Waals surface area contributed by atoms with Crippen molar-refractivity contribution in [3.05, 3.63) is 51.6 Å². The molecule has 1 amide bonds. The summed E-state index contributed by atoms with van der Waals surface area (Å²) in [4.78, 5) is 14.8. The van der Waals surface area contributed by atoms with E-state index in [1.807, 2.05) is 42.5 Å². The van der Waals surface area contributed by atoms with Crippen molar-refractivity contribution in [1.29, 1.82) is 0 Å². The van der Waals surface area contributed by atoms with Crippen molar-refractivity contribution in [2.75, 3.05) is 29.0 Å². The van der Waals surface area contributed by atoms with Gasteiger partial charge in [-0.25, -0.2) is 0 Å². The Bertz CT molecular complexity index is 696. The van der Waals surface area contributed by atoms with E-state index in [1.165, 1.54) is 12.8 Å². The number of benzene rings is 2. The van der Waals surface area contributed by atoms with Gasteiger partial charge in [-0.2, -0.15) is 0 Å². The van der Waals surface area contributed by atoms with Crippen LogP contribution in [0, 0.1) is 3.57 Å². The normalized spacial score (nSPS) is 14.1. The fourth-order valence-electron chi connectivity index (χ4n) is 2.71. The van der Waals surface area contributed by atoms with Gasteiger partial charge in [0.05, 0.1) is 11.4 Å². The molecule has 1 saturated heterocycles. The van der Waals surface area contributed by atoms with Gasteiger partial charge in [0, 0.05) is 27.9 Å². The second-order valence-corrected chi connectivity index (χ2v) is 6.68. The highest BCUT2D eigenvalue weighted by atomic mass is 127. The van der Waals surface area contributed by atoms with E-state index >= 15 is 0 Å². The monoisotopic (exact) mass is 407 g/mol. The third kappa shape index (κ3) is 3.35. The average Bonchev–Trinajstić information content (AvgIpc) is 3.01. The van der Waals surface area contributed by atoms with Crippen LogP contribution in [0.4, 0.5) is 17.1 Å². The Morgan fingerprint density at radius 3 is 2.64 bits per heavy atom. The zero-order valence-corrected chi connectivity index (χ0v) is 14.3. The third-order valence-electron chi connectivity index (χ3n) is 3.80. The largest absolute Gasteiger partial charge is 0.399 e. The Labute approximate surface area is 143 Å². The lowest BCUT2D eigenvalue weighted by molar-refractivity contribution is 0.102. The zero-order valence-electron chi connectivity index (χ0n) is 12.2. The maximum atomic E-state index is 12.5. The first-order valence-corrected chi connectivity index (χ1v) is 8.43. The smallest absolute Gasteiger partial charge is 0.255 e. The topological polar surface area (TPSA) is 58.4 Å². The fourth-order valence-corrected chi connectivity index (χ4v) is 3.25. The maximum absolute atomic E-state index is 12.5. The maximum Gasteiger partial charge on any atom is 0.255 e. The molecule has 3 rings (SSSR count). The number of nitrogens with one attached hydrogen (secondary N) is 1. The number of nitrogen functional groups attached to an aromatic ring is 1. The first kappa shape index (κ1) is 15.1.